The zero-order valence-electron chi connectivity index (χ0n) is 13.0. The number of piperidine rings is 1. The minimum absolute atomic E-state index is 0.264. The molecule has 6 nitrogen and oxygen atoms in total. The number of carbonyl (C=O) groups excluding carboxylic acids is 1. The smallest absolute Gasteiger partial charge is 0.348 e. The fraction of sp³-hybridized carbons (Fsp3) is 0.733. The summed E-state index contributed by atoms with van der Waals surface area (Å²) in [7, 11) is 0. The lowest BCUT2D eigenvalue weighted by Crippen LogP contribution is -2.66. The van der Waals surface area contributed by atoms with E-state index in [0.29, 0.717) is 6.67 Å². The molecule has 1 amide bonds. The topological polar surface area (TPSA) is 66.0 Å². The van der Waals surface area contributed by atoms with Gasteiger partial charge in [-0.2, -0.15) is 0 Å². The molecule has 3 rings (SSSR count). The van der Waals surface area contributed by atoms with Crippen LogP contribution in [-0.4, -0.2) is 47.2 Å². The molecule has 0 aromatic heterocycles. The van der Waals surface area contributed by atoms with E-state index in [4.69, 9.17) is 4.84 Å². The lowest BCUT2D eigenvalue weighted by molar-refractivity contribution is -0.158. The lowest BCUT2D eigenvalue weighted by atomic mass is 9.74. The van der Waals surface area contributed by atoms with Gasteiger partial charge in [0.15, 0.2) is 0 Å². The minimum Gasteiger partial charge on any atom is -0.348 e. The summed E-state index contributed by atoms with van der Waals surface area (Å²) in [5.41, 5.74) is 0.436. The Morgan fingerprint density at radius 1 is 1.57 bits per heavy atom. The summed E-state index contributed by atoms with van der Waals surface area (Å²) >= 11 is 0. The van der Waals surface area contributed by atoms with Crippen LogP contribution in [0.25, 0.3) is 0 Å². The fourth-order valence-corrected chi connectivity index (χ4v) is 3.44. The van der Waals surface area contributed by atoms with Crippen LogP contribution in [-0.2, 0) is 4.84 Å². The molecule has 116 valence electrons. The molecule has 1 aliphatic carbocycles. The minimum atomic E-state index is -0.410. The molecule has 1 spiro atoms. The van der Waals surface area contributed by atoms with E-state index < -0.39 is 6.09 Å². The lowest BCUT2D eigenvalue weighted by Gasteiger charge is -2.47. The van der Waals surface area contributed by atoms with Gasteiger partial charge in [-0.3, -0.25) is 4.99 Å². The van der Waals surface area contributed by atoms with Crippen molar-refractivity contribution in [2.45, 2.75) is 57.2 Å². The molecule has 2 unspecified atom stereocenters. The van der Waals surface area contributed by atoms with Gasteiger partial charge in [0, 0.05) is 11.6 Å². The molecule has 0 saturated carbocycles. The first-order chi connectivity index (χ1) is 9.92. The van der Waals surface area contributed by atoms with Gasteiger partial charge in [0.1, 0.15) is 12.2 Å². The molecule has 6 heteroatoms. The molecular weight excluding hydrogens is 268 g/mol. The van der Waals surface area contributed by atoms with Gasteiger partial charge in [-0.15, -0.1) is 5.06 Å². The van der Waals surface area contributed by atoms with E-state index in [9.17, 15) is 4.79 Å². The first-order valence-corrected chi connectivity index (χ1v) is 7.64. The molecule has 3 aliphatic rings. The van der Waals surface area contributed by atoms with Gasteiger partial charge in [-0.05, 0) is 52.7 Å². The molecule has 0 aromatic carbocycles. The van der Waals surface area contributed by atoms with Crippen molar-refractivity contribution in [1.82, 2.24) is 15.7 Å². The summed E-state index contributed by atoms with van der Waals surface area (Å²) in [4.78, 5) is 22.3. The average Bonchev–Trinajstić information content (AvgIpc) is 2.74. The number of amides is 1. The summed E-state index contributed by atoms with van der Waals surface area (Å²) in [5.74, 6) is 0. The van der Waals surface area contributed by atoms with Gasteiger partial charge in [0.25, 0.3) is 0 Å². The summed E-state index contributed by atoms with van der Waals surface area (Å²) < 4.78 is 0. The van der Waals surface area contributed by atoms with E-state index in [2.05, 4.69) is 27.8 Å². The zero-order chi connectivity index (χ0) is 15.1. The summed E-state index contributed by atoms with van der Waals surface area (Å²) in [5, 5.41) is 8.16. The quantitative estimate of drug-likeness (QED) is 0.770. The zero-order valence-corrected chi connectivity index (χ0v) is 13.0. The van der Waals surface area contributed by atoms with Crippen LogP contribution in [0.1, 0.15) is 40.0 Å². The maximum absolute atomic E-state index is 12.1. The first kappa shape index (κ1) is 14.5. The largest absolute Gasteiger partial charge is 0.426 e. The van der Waals surface area contributed by atoms with Gasteiger partial charge in [-0.25, -0.2) is 4.79 Å². The van der Waals surface area contributed by atoms with Crippen LogP contribution in [0.15, 0.2) is 17.1 Å². The van der Waals surface area contributed by atoms with Gasteiger partial charge >= 0.3 is 6.09 Å². The van der Waals surface area contributed by atoms with Crippen LogP contribution in [0.4, 0.5) is 4.79 Å². The van der Waals surface area contributed by atoms with Crippen molar-refractivity contribution in [2.24, 2.45) is 4.99 Å². The highest BCUT2D eigenvalue weighted by molar-refractivity contribution is 6.05. The van der Waals surface area contributed by atoms with Crippen LogP contribution in [0.5, 0.6) is 0 Å². The van der Waals surface area contributed by atoms with Crippen molar-refractivity contribution in [2.75, 3.05) is 13.2 Å². The average molecular weight is 292 g/mol. The molecule has 2 aliphatic heterocycles. The summed E-state index contributed by atoms with van der Waals surface area (Å²) in [6, 6.07) is 0.264. The number of hydrogen-bond donors (Lipinski definition) is 2. The van der Waals surface area contributed by atoms with Gasteiger partial charge in [0.2, 0.25) is 0 Å². The fourth-order valence-electron chi connectivity index (χ4n) is 3.44. The Hall–Kier alpha value is -1.40. The molecule has 0 radical (unpaired) electrons. The molecule has 1 saturated heterocycles. The van der Waals surface area contributed by atoms with Crippen molar-refractivity contribution < 1.29 is 9.63 Å². The number of hydrogen-bond acceptors (Lipinski definition) is 5. The van der Waals surface area contributed by atoms with Crippen molar-refractivity contribution >= 4 is 11.8 Å². The maximum atomic E-state index is 12.1. The Morgan fingerprint density at radius 2 is 2.38 bits per heavy atom. The van der Waals surface area contributed by atoms with E-state index >= 15 is 0 Å². The van der Waals surface area contributed by atoms with Crippen molar-refractivity contribution in [1.29, 1.82) is 0 Å². The predicted octanol–water partition coefficient (Wildman–Crippen LogP) is 1.59. The van der Waals surface area contributed by atoms with Gasteiger partial charge in [-0.1, -0.05) is 6.08 Å². The van der Waals surface area contributed by atoms with Crippen molar-refractivity contribution in [3.05, 3.63) is 12.2 Å². The second-order valence-electron chi connectivity index (χ2n) is 6.99. The third-order valence-corrected chi connectivity index (χ3v) is 4.28. The number of carbonyl (C=O) groups is 1. The maximum Gasteiger partial charge on any atom is 0.426 e. The molecule has 2 atom stereocenters. The number of aliphatic imine (C=N–C) groups is 1. The molecule has 0 aromatic rings. The normalized spacial score (nSPS) is 32.1. The van der Waals surface area contributed by atoms with E-state index in [1.807, 2.05) is 20.8 Å². The Bertz CT molecular complexity index is 494. The molecule has 2 heterocycles. The van der Waals surface area contributed by atoms with E-state index in [1.165, 1.54) is 0 Å². The third kappa shape index (κ3) is 2.58. The van der Waals surface area contributed by atoms with Crippen LogP contribution in [0.2, 0.25) is 0 Å². The Balaban J connectivity index is 1.78. The van der Waals surface area contributed by atoms with E-state index in [1.54, 1.807) is 5.06 Å². The third-order valence-electron chi connectivity index (χ3n) is 4.28. The molecule has 1 fully saturated rings. The second kappa shape index (κ2) is 5.10. The number of rotatable bonds is 1. The standard InChI is InChI=1S/C15H24N4O2/c1-14(2,3)18-13(20)21-19-10-17-12-7-4-6-11-15(12,19)8-5-9-16-11/h4,7,11,16H,5-6,8-10H2,1-3H3,(H,18,20). The Kier molecular flexibility index (Phi) is 3.53. The highest BCUT2D eigenvalue weighted by atomic mass is 16.7. The van der Waals surface area contributed by atoms with Gasteiger partial charge < -0.3 is 15.5 Å². The monoisotopic (exact) mass is 292 g/mol. The van der Waals surface area contributed by atoms with Crippen molar-refractivity contribution in [3.63, 3.8) is 0 Å². The number of nitrogens with zero attached hydrogens (tertiary/aromatic N) is 2. The predicted molar refractivity (Wildman–Crippen MR) is 81.0 cm³/mol. The second-order valence-corrected chi connectivity index (χ2v) is 6.99. The molecule has 21 heavy (non-hydrogen) atoms. The van der Waals surface area contributed by atoms with E-state index in [-0.39, 0.29) is 17.1 Å². The number of hydroxylamine groups is 2. The Morgan fingerprint density at radius 3 is 3.14 bits per heavy atom. The molecule has 0 bridgehead atoms. The van der Waals surface area contributed by atoms with Crippen LogP contribution in [0, 0.1) is 0 Å². The summed E-state index contributed by atoms with van der Waals surface area (Å²) in [6.07, 6.45) is 6.79. The molecule has 2 N–H and O–H groups in total. The highest BCUT2D eigenvalue weighted by Gasteiger charge is 2.54. The van der Waals surface area contributed by atoms with E-state index in [0.717, 1.165) is 31.5 Å². The number of nitrogens with one attached hydrogen (secondary N) is 2. The summed E-state index contributed by atoms with van der Waals surface area (Å²) in [6.45, 7) is 7.23. The van der Waals surface area contributed by atoms with Crippen LogP contribution >= 0.6 is 0 Å². The van der Waals surface area contributed by atoms with Gasteiger partial charge in [0.05, 0.1) is 5.71 Å². The van der Waals surface area contributed by atoms with Crippen molar-refractivity contribution in [3.8, 4) is 0 Å². The van der Waals surface area contributed by atoms with Crippen LogP contribution in [0.3, 0.4) is 0 Å². The SMILES string of the molecule is CC(C)(C)NC(=O)ON1CN=C2C=CCC3NCCCC231. The highest BCUT2D eigenvalue weighted by Crippen LogP contribution is 2.39. The first-order valence-electron chi connectivity index (χ1n) is 7.64. The Labute approximate surface area is 125 Å². The van der Waals surface area contributed by atoms with Crippen LogP contribution < -0.4 is 10.6 Å². The molecular formula is C15H24N4O2.